The fourth-order valence-corrected chi connectivity index (χ4v) is 6.29. The van der Waals surface area contributed by atoms with E-state index in [1.54, 1.807) is 18.5 Å². The average molecular weight is 506 g/mol. The Balaban J connectivity index is 1.86. The van der Waals surface area contributed by atoms with Crippen molar-refractivity contribution in [3.8, 4) is 0 Å². The van der Waals surface area contributed by atoms with Crippen LogP contribution < -0.4 is 0 Å². The van der Waals surface area contributed by atoms with Crippen molar-refractivity contribution in [1.82, 2.24) is 14.8 Å². The van der Waals surface area contributed by atoms with Crippen molar-refractivity contribution >= 4 is 7.60 Å². The van der Waals surface area contributed by atoms with Gasteiger partial charge in [-0.05, 0) is 37.0 Å². The Morgan fingerprint density at radius 2 is 1.28 bits per heavy atom. The van der Waals surface area contributed by atoms with Crippen LogP contribution in [-0.4, -0.2) is 39.2 Å². The van der Waals surface area contributed by atoms with Gasteiger partial charge in [-0.25, -0.2) is 9.67 Å². The summed E-state index contributed by atoms with van der Waals surface area (Å²) >= 11 is 0. The summed E-state index contributed by atoms with van der Waals surface area (Å²) in [6, 6.07) is 30.2. The van der Waals surface area contributed by atoms with Crippen LogP contribution in [0.15, 0.2) is 97.3 Å². The maximum absolute atomic E-state index is 13.0. The van der Waals surface area contributed by atoms with Crippen molar-refractivity contribution in [3.63, 3.8) is 0 Å². The molecule has 0 fully saturated rings. The number of aliphatic hydroxyl groups excluding tert-OH is 1. The molecule has 0 saturated carbocycles. The standard InChI is InChI=1S/C28H32N3O4P/c1-3-34-36(33,35-4-2)21-20-26(32)27-29-22-30-31(27)28(23-14-8-5-9-15-23,24-16-10-6-11-17-24)25-18-12-7-13-19-25/h5-19,22,26,32H,3-4,20-21H2,1-2H3. The molecule has 0 spiro atoms. The fourth-order valence-electron chi connectivity index (χ4n) is 4.61. The minimum absolute atomic E-state index is 0.0672. The molecule has 1 aromatic heterocycles. The lowest BCUT2D eigenvalue weighted by atomic mass is 9.77. The average Bonchev–Trinajstić information content (AvgIpc) is 3.40. The molecule has 0 aliphatic carbocycles. The quantitative estimate of drug-likeness (QED) is 0.193. The summed E-state index contributed by atoms with van der Waals surface area (Å²) in [5.74, 6) is 0.367. The van der Waals surface area contributed by atoms with Gasteiger partial charge in [0.15, 0.2) is 5.82 Å². The van der Waals surface area contributed by atoms with Gasteiger partial charge in [0, 0.05) is 0 Å². The predicted molar refractivity (Wildman–Crippen MR) is 140 cm³/mol. The molecule has 1 atom stereocenters. The summed E-state index contributed by atoms with van der Waals surface area (Å²) in [7, 11) is -3.32. The van der Waals surface area contributed by atoms with E-state index in [1.807, 2.05) is 54.6 Å². The van der Waals surface area contributed by atoms with Gasteiger partial charge in [-0.2, -0.15) is 5.10 Å². The van der Waals surface area contributed by atoms with Crippen molar-refractivity contribution in [2.75, 3.05) is 19.4 Å². The summed E-state index contributed by atoms with van der Waals surface area (Å²) < 4.78 is 25.7. The highest BCUT2D eigenvalue weighted by atomic mass is 31.2. The zero-order valence-electron chi connectivity index (χ0n) is 20.6. The lowest BCUT2D eigenvalue weighted by Gasteiger charge is -2.37. The SMILES string of the molecule is CCOP(=O)(CCC(O)c1ncnn1C(c1ccccc1)(c1ccccc1)c1ccccc1)OCC. The minimum atomic E-state index is -3.32. The van der Waals surface area contributed by atoms with Crippen LogP contribution >= 0.6 is 7.60 Å². The van der Waals surface area contributed by atoms with Gasteiger partial charge in [0.25, 0.3) is 0 Å². The van der Waals surface area contributed by atoms with E-state index < -0.39 is 19.2 Å². The van der Waals surface area contributed by atoms with Crippen LogP contribution in [0.4, 0.5) is 0 Å². The Kier molecular flexibility index (Phi) is 8.49. The van der Waals surface area contributed by atoms with Gasteiger partial charge < -0.3 is 14.2 Å². The van der Waals surface area contributed by atoms with Crippen molar-refractivity contribution in [1.29, 1.82) is 0 Å². The molecule has 188 valence electrons. The topological polar surface area (TPSA) is 86.5 Å². The summed E-state index contributed by atoms with van der Waals surface area (Å²) in [4.78, 5) is 4.48. The molecule has 0 saturated heterocycles. The van der Waals surface area contributed by atoms with E-state index >= 15 is 0 Å². The molecular formula is C28H32N3O4P. The molecule has 0 bridgehead atoms. The second-order valence-electron chi connectivity index (χ2n) is 8.31. The summed E-state index contributed by atoms with van der Waals surface area (Å²) in [6.45, 7) is 4.07. The van der Waals surface area contributed by atoms with Gasteiger partial charge in [-0.15, -0.1) is 0 Å². The van der Waals surface area contributed by atoms with Crippen LogP contribution in [0, 0.1) is 0 Å². The van der Waals surface area contributed by atoms with Gasteiger partial charge in [0.1, 0.15) is 18.0 Å². The Morgan fingerprint density at radius 1 is 0.833 bits per heavy atom. The lowest BCUT2D eigenvalue weighted by molar-refractivity contribution is 0.147. The van der Waals surface area contributed by atoms with E-state index in [-0.39, 0.29) is 25.8 Å². The molecule has 0 amide bonds. The highest BCUT2D eigenvalue weighted by Crippen LogP contribution is 2.50. The first-order valence-corrected chi connectivity index (χ1v) is 13.9. The molecule has 1 unspecified atom stereocenters. The predicted octanol–water partition coefficient (Wildman–Crippen LogP) is 5.81. The van der Waals surface area contributed by atoms with E-state index in [9.17, 15) is 9.67 Å². The molecule has 0 aliphatic heterocycles. The van der Waals surface area contributed by atoms with Crippen molar-refractivity contribution in [2.45, 2.75) is 31.9 Å². The number of hydrogen-bond donors (Lipinski definition) is 1. The van der Waals surface area contributed by atoms with E-state index in [0.29, 0.717) is 5.82 Å². The molecule has 0 aliphatic rings. The molecule has 0 radical (unpaired) electrons. The molecule has 1 heterocycles. The highest BCUT2D eigenvalue weighted by molar-refractivity contribution is 7.53. The van der Waals surface area contributed by atoms with Gasteiger partial charge in [-0.3, -0.25) is 4.57 Å². The first-order chi connectivity index (χ1) is 17.5. The third kappa shape index (κ3) is 5.20. The molecule has 8 heteroatoms. The van der Waals surface area contributed by atoms with E-state index in [4.69, 9.17) is 9.05 Å². The maximum Gasteiger partial charge on any atom is 0.330 e. The second kappa shape index (κ2) is 11.8. The van der Waals surface area contributed by atoms with Crippen LogP contribution in [0.2, 0.25) is 0 Å². The van der Waals surface area contributed by atoms with E-state index in [2.05, 4.69) is 46.5 Å². The van der Waals surface area contributed by atoms with Gasteiger partial charge in [-0.1, -0.05) is 91.0 Å². The molecule has 3 aromatic carbocycles. The molecule has 36 heavy (non-hydrogen) atoms. The first-order valence-electron chi connectivity index (χ1n) is 12.2. The number of hydrogen-bond acceptors (Lipinski definition) is 6. The zero-order valence-corrected chi connectivity index (χ0v) is 21.5. The minimum Gasteiger partial charge on any atom is -0.385 e. The molecule has 7 nitrogen and oxygen atoms in total. The highest BCUT2D eigenvalue weighted by Gasteiger charge is 2.42. The van der Waals surface area contributed by atoms with E-state index in [0.717, 1.165) is 16.7 Å². The van der Waals surface area contributed by atoms with Crippen LogP contribution in [-0.2, 0) is 19.2 Å². The fraction of sp³-hybridized carbons (Fsp3) is 0.286. The number of rotatable bonds is 12. The number of nitrogens with zero attached hydrogens (tertiary/aromatic N) is 3. The second-order valence-corrected chi connectivity index (χ2v) is 10.5. The monoisotopic (exact) mass is 505 g/mol. The van der Waals surface area contributed by atoms with Crippen LogP contribution in [0.1, 0.15) is 48.9 Å². The Bertz CT molecular complexity index is 1160. The zero-order chi connectivity index (χ0) is 25.4. The number of aliphatic hydroxyl groups is 1. The third-order valence-electron chi connectivity index (χ3n) is 6.09. The lowest BCUT2D eigenvalue weighted by Crippen LogP contribution is -2.40. The summed E-state index contributed by atoms with van der Waals surface area (Å²) in [5.41, 5.74) is 2.00. The summed E-state index contributed by atoms with van der Waals surface area (Å²) in [5, 5.41) is 16.0. The van der Waals surface area contributed by atoms with Gasteiger partial charge >= 0.3 is 7.60 Å². The first kappa shape index (κ1) is 26.0. The number of benzene rings is 3. The largest absolute Gasteiger partial charge is 0.385 e. The van der Waals surface area contributed by atoms with Crippen molar-refractivity contribution in [3.05, 3.63) is 120 Å². The van der Waals surface area contributed by atoms with Crippen LogP contribution in [0.3, 0.4) is 0 Å². The Hall–Kier alpha value is -3.09. The molecule has 1 N–H and O–H groups in total. The van der Waals surface area contributed by atoms with Crippen molar-refractivity contribution < 1.29 is 18.7 Å². The third-order valence-corrected chi connectivity index (χ3v) is 8.20. The molecule has 4 rings (SSSR count). The Morgan fingerprint density at radius 3 is 1.69 bits per heavy atom. The van der Waals surface area contributed by atoms with Crippen LogP contribution in [0.25, 0.3) is 0 Å². The smallest absolute Gasteiger partial charge is 0.330 e. The number of aromatic nitrogens is 3. The molecule has 4 aromatic rings. The Labute approximate surface area is 212 Å². The molecular weight excluding hydrogens is 473 g/mol. The normalized spacial score (nSPS) is 13.0. The van der Waals surface area contributed by atoms with Crippen molar-refractivity contribution in [2.24, 2.45) is 0 Å². The van der Waals surface area contributed by atoms with Gasteiger partial charge in [0.05, 0.1) is 19.4 Å². The maximum atomic E-state index is 13.0. The van der Waals surface area contributed by atoms with Gasteiger partial charge in [0.2, 0.25) is 0 Å². The van der Waals surface area contributed by atoms with E-state index in [1.165, 1.54) is 6.33 Å². The van der Waals surface area contributed by atoms with Crippen LogP contribution in [0.5, 0.6) is 0 Å². The summed E-state index contributed by atoms with van der Waals surface area (Å²) in [6.07, 6.45) is 0.617.